The van der Waals surface area contributed by atoms with Gasteiger partial charge in [-0.15, -0.1) is 0 Å². The maximum absolute atomic E-state index is 12.2. The fourth-order valence-corrected chi connectivity index (χ4v) is 1.68. The molecule has 0 aliphatic carbocycles. The van der Waals surface area contributed by atoms with Crippen molar-refractivity contribution in [3.63, 3.8) is 0 Å². The summed E-state index contributed by atoms with van der Waals surface area (Å²) in [7, 11) is 0. The Bertz CT molecular complexity index is 658. The zero-order valence-electron chi connectivity index (χ0n) is 11.0. The molecule has 22 heavy (non-hydrogen) atoms. The molecule has 0 saturated heterocycles. The number of nitrogens with one attached hydrogen (secondary N) is 1. The Morgan fingerprint density at radius 3 is 2.77 bits per heavy atom. The number of amides is 1. The molecule has 0 bridgehead atoms. The van der Waals surface area contributed by atoms with Crippen LogP contribution in [0.5, 0.6) is 5.88 Å². The highest BCUT2D eigenvalue weighted by atomic mass is 35.5. The van der Waals surface area contributed by atoms with Crippen LogP contribution in [0.4, 0.5) is 13.2 Å². The Balaban J connectivity index is 1.99. The minimum atomic E-state index is -4.47. The van der Waals surface area contributed by atoms with Gasteiger partial charge in [-0.1, -0.05) is 6.07 Å². The molecular formula is C13H10ClF3N2O3. The molecule has 0 atom stereocenters. The topological polar surface area (TPSA) is 64.4 Å². The summed E-state index contributed by atoms with van der Waals surface area (Å²) in [5.74, 6) is -0.762. The van der Waals surface area contributed by atoms with Gasteiger partial charge in [0.2, 0.25) is 5.88 Å². The third-order valence-electron chi connectivity index (χ3n) is 2.46. The molecule has 0 radical (unpaired) electrons. The summed E-state index contributed by atoms with van der Waals surface area (Å²) in [6.07, 6.45) is -3.17. The average molecular weight is 335 g/mol. The van der Waals surface area contributed by atoms with Gasteiger partial charge in [0.15, 0.2) is 17.6 Å². The number of hydrogen-bond donors (Lipinski definition) is 1. The monoisotopic (exact) mass is 334 g/mol. The molecule has 0 spiro atoms. The lowest BCUT2D eigenvalue weighted by atomic mass is 10.2. The Morgan fingerprint density at radius 1 is 1.36 bits per heavy atom. The van der Waals surface area contributed by atoms with Crippen LogP contribution in [0, 0.1) is 0 Å². The molecule has 0 fully saturated rings. The van der Waals surface area contributed by atoms with E-state index in [9.17, 15) is 18.0 Å². The van der Waals surface area contributed by atoms with E-state index >= 15 is 0 Å². The molecule has 0 aromatic carbocycles. The van der Waals surface area contributed by atoms with Crippen LogP contribution < -0.4 is 10.1 Å². The number of nitrogens with zero attached hydrogens (tertiary/aromatic N) is 1. The van der Waals surface area contributed by atoms with Crippen molar-refractivity contribution in [3.05, 3.63) is 47.0 Å². The second kappa shape index (κ2) is 6.69. The maximum atomic E-state index is 12.2. The zero-order valence-corrected chi connectivity index (χ0v) is 11.7. The first-order valence-electron chi connectivity index (χ1n) is 6.02. The molecule has 5 nitrogen and oxygen atoms in total. The first kappa shape index (κ1) is 16.2. The largest absolute Gasteiger partial charge is 0.468 e. The van der Waals surface area contributed by atoms with E-state index in [0.717, 1.165) is 0 Å². The number of carbonyl (C=O) groups excluding carboxylic acids is 1. The Morgan fingerprint density at radius 2 is 2.14 bits per heavy atom. The van der Waals surface area contributed by atoms with Crippen molar-refractivity contribution in [2.75, 3.05) is 6.61 Å². The van der Waals surface area contributed by atoms with Crippen LogP contribution >= 0.6 is 11.6 Å². The lowest BCUT2D eigenvalue weighted by molar-refractivity contribution is -0.154. The first-order valence-corrected chi connectivity index (χ1v) is 6.40. The Kier molecular flexibility index (Phi) is 4.92. The van der Waals surface area contributed by atoms with Crippen molar-refractivity contribution in [2.24, 2.45) is 0 Å². The van der Waals surface area contributed by atoms with Gasteiger partial charge in [-0.2, -0.15) is 13.2 Å². The highest BCUT2D eigenvalue weighted by molar-refractivity contribution is 6.29. The van der Waals surface area contributed by atoms with Crippen molar-refractivity contribution in [1.29, 1.82) is 0 Å². The molecule has 1 amide bonds. The second-order valence-corrected chi connectivity index (χ2v) is 4.53. The number of pyridine rings is 1. The molecule has 118 valence electrons. The van der Waals surface area contributed by atoms with Crippen LogP contribution in [0.15, 0.2) is 34.9 Å². The van der Waals surface area contributed by atoms with E-state index < -0.39 is 18.7 Å². The number of hydrogen-bond acceptors (Lipinski definition) is 4. The highest BCUT2D eigenvalue weighted by Crippen LogP contribution is 2.20. The smallest absolute Gasteiger partial charge is 0.422 e. The standard InChI is InChI=1S/C13H10ClF3N2O3/c14-10-4-3-9(22-10)11(20)19-6-8-2-1-5-18-12(8)21-7-13(15,16)17/h1-5H,6-7H2,(H,19,20). The summed E-state index contributed by atoms with van der Waals surface area (Å²) in [6.45, 7) is -1.53. The summed E-state index contributed by atoms with van der Waals surface area (Å²) in [4.78, 5) is 15.5. The summed E-state index contributed by atoms with van der Waals surface area (Å²) >= 11 is 5.55. The third-order valence-corrected chi connectivity index (χ3v) is 2.66. The van der Waals surface area contributed by atoms with Crippen molar-refractivity contribution in [3.8, 4) is 5.88 Å². The third kappa shape index (κ3) is 4.66. The van der Waals surface area contributed by atoms with Crippen LogP contribution in [0.25, 0.3) is 0 Å². The summed E-state index contributed by atoms with van der Waals surface area (Å²) in [5, 5.41) is 2.53. The number of rotatable bonds is 5. The van der Waals surface area contributed by atoms with Crippen molar-refractivity contribution < 1.29 is 27.1 Å². The summed E-state index contributed by atoms with van der Waals surface area (Å²) in [5.41, 5.74) is 0.303. The molecular weight excluding hydrogens is 325 g/mol. The molecule has 2 aromatic heterocycles. The number of halogens is 4. The number of alkyl halides is 3. The van der Waals surface area contributed by atoms with Crippen LogP contribution in [0.1, 0.15) is 16.1 Å². The first-order chi connectivity index (χ1) is 10.3. The predicted molar refractivity (Wildman–Crippen MR) is 70.7 cm³/mol. The summed E-state index contributed by atoms with van der Waals surface area (Å²) in [6, 6.07) is 5.79. The quantitative estimate of drug-likeness (QED) is 0.912. The maximum Gasteiger partial charge on any atom is 0.422 e. The molecule has 2 aromatic rings. The van der Waals surface area contributed by atoms with Crippen molar-refractivity contribution in [2.45, 2.75) is 12.7 Å². The van der Waals surface area contributed by atoms with E-state index in [1.54, 1.807) is 0 Å². The lowest BCUT2D eigenvalue weighted by Crippen LogP contribution is -2.24. The molecule has 0 saturated carbocycles. The predicted octanol–water partition coefficient (Wildman–Crippen LogP) is 3.20. The van der Waals surface area contributed by atoms with Gasteiger partial charge in [0.25, 0.3) is 5.91 Å². The second-order valence-electron chi connectivity index (χ2n) is 4.16. The number of aromatic nitrogens is 1. The van der Waals surface area contributed by atoms with Gasteiger partial charge < -0.3 is 14.5 Å². The van der Waals surface area contributed by atoms with Gasteiger partial charge in [0, 0.05) is 18.3 Å². The summed E-state index contributed by atoms with van der Waals surface area (Å²) < 4.78 is 46.0. The van der Waals surface area contributed by atoms with Gasteiger partial charge in [-0.25, -0.2) is 4.98 Å². The van der Waals surface area contributed by atoms with E-state index in [-0.39, 0.29) is 23.4 Å². The zero-order chi connectivity index (χ0) is 16.2. The van der Waals surface area contributed by atoms with Crippen molar-refractivity contribution in [1.82, 2.24) is 10.3 Å². The molecule has 0 unspecified atom stereocenters. The minimum Gasteiger partial charge on any atom is -0.468 e. The average Bonchev–Trinajstić information content (AvgIpc) is 2.89. The highest BCUT2D eigenvalue weighted by Gasteiger charge is 2.29. The minimum absolute atomic E-state index is 0.00773. The number of carbonyl (C=O) groups is 1. The molecule has 0 aliphatic rings. The SMILES string of the molecule is O=C(NCc1cccnc1OCC(F)(F)F)c1ccc(Cl)o1. The van der Waals surface area contributed by atoms with Gasteiger partial charge in [0.1, 0.15) is 0 Å². The van der Waals surface area contributed by atoms with Gasteiger partial charge in [0.05, 0.1) is 0 Å². The fraction of sp³-hybridized carbons (Fsp3) is 0.231. The van der Waals surface area contributed by atoms with Crippen LogP contribution in [0.2, 0.25) is 5.22 Å². The van der Waals surface area contributed by atoms with Crippen LogP contribution in [0.3, 0.4) is 0 Å². The van der Waals surface area contributed by atoms with Crippen molar-refractivity contribution >= 4 is 17.5 Å². The molecule has 2 heterocycles. The van der Waals surface area contributed by atoms with E-state index in [4.69, 9.17) is 16.0 Å². The van der Waals surface area contributed by atoms with E-state index in [1.807, 2.05) is 0 Å². The normalized spacial score (nSPS) is 11.3. The lowest BCUT2D eigenvalue weighted by Gasteiger charge is -2.12. The molecule has 9 heteroatoms. The van der Waals surface area contributed by atoms with Gasteiger partial charge in [-0.05, 0) is 29.8 Å². The Labute approximate surface area is 128 Å². The molecule has 0 aliphatic heterocycles. The van der Waals surface area contributed by atoms with Gasteiger partial charge >= 0.3 is 6.18 Å². The van der Waals surface area contributed by atoms with Crippen LogP contribution in [-0.4, -0.2) is 23.7 Å². The Hall–Kier alpha value is -2.22. The fourth-order valence-electron chi connectivity index (χ4n) is 1.54. The molecule has 1 N–H and O–H groups in total. The van der Waals surface area contributed by atoms with Gasteiger partial charge in [-0.3, -0.25) is 4.79 Å². The van der Waals surface area contributed by atoms with E-state index in [1.165, 1.54) is 30.5 Å². The van der Waals surface area contributed by atoms with E-state index in [2.05, 4.69) is 15.0 Å². The van der Waals surface area contributed by atoms with Crippen LogP contribution in [-0.2, 0) is 6.54 Å². The molecule has 2 rings (SSSR count). The number of ether oxygens (including phenoxy) is 1. The number of furan rings is 1. The van der Waals surface area contributed by atoms with E-state index in [0.29, 0.717) is 5.56 Å².